The van der Waals surface area contributed by atoms with Crippen LogP contribution in [0, 0.1) is 11.8 Å². The van der Waals surface area contributed by atoms with Gasteiger partial charge >= 0.3 is 6.03 Å². The number of halogens is 1. The van der Waals surface area contributed by atoms with Gasteiger partial charge in [0, 0.05) is 31.2 Å². The zero-order valence-electron chi connectivity index (χ0n) is 19.6. The Morgan fingerprint density at radius 1 is 1.06 bits per heavy atom. The van der Waals surface area contributed by atoms with Crippen molar-refractivity contribution in [3.05, 3.63) is 94.4 Å². The highest BCUT2D eigenvalue weighted by Crippen LogP contribution is 2.30. The van der Waals surface area contributed by atoms with Gasteiger partial charge in [0.15, 0.2) is 5.76 Å². The van der Waals surface area contributed by atoms with E-state index in [4.69, 9.17) is 21.8 Å². The van der Waals surface area contributed by atoms with Gasteiger partial charge in [0.05, 0.1) is 12.6 Å². The van der Waals surface area contributed by atoms with Gasteiger partial charge in [-0.3, -0.25) is 15.0 Å². The number of primary amides is 1. The zero-order chi connectivity index (χ0) is 24.8. The van der Waals surface area contributed by atoms with Gasteiger partial charge in [-0.1, -0.05) is 60.0 Å². The molecule has 8 heteroatoms. The van der Waals surface area contributed by atoms with Crippen LogP contribution >= 0.6 is 11.6 Å². The first-order valence-corrected chi connectivity index (χ1v) is 11.9. The Morgan fingerprint density at radius 2 is 1.71 bits per heavy atom. The number of benzene rings is 2. The summed E-state index contributed by atoms with van der Waals surface area (Å²) in [6, 6.07) is 20.9. The molecule has 1 aliphatic heterocycles. The fourth-order valence-electron chi connectivity index (χ4n) is 4.25. The summed E-state index contributed by atoms with van der Waals surface area (Å²) in [5.74, 6) is 6.89. The maximum atomic E-state index is 11.0. The van der Waals surface area contributed by atoms with Gasteiger partial charge in [-0.15, -0.1) is 0 Å². The number of rotatable bonds is 6. The van der Waals surface area contributed by atoms with Crippen LogP contribution in [-0.4, -0.2) is 58.3 Å². The lowest BCUT2D eigenvalue weighted by molar-refractivity contribution is -0.0536. The Labute approximate surface area is 210 Å². The van der Waals surface area contributed by atoms with Crippen LogP contribution in [0.4, 0.5) is 4.79 Å². The molecule has 1 saturated heterocycles. The lowest BCUT2D eigenvalue weighted by Crippen LogP contribution is -2.47. The first-order valence-electron chi connectivity index (χ1n) is 11.6. The highest BCUT2D eigenvalue weighted by Gasteiger charge is 2.26. The maximum Gasteiger partial charge on any atom is 0.339 e. The summed E-state index contributed by atoms with van der Waals surface area (Å²) in [5.41, 5.74) is 7.55. The molecule has 1 aromatic heterocycles. The third-order valence-electron chi connectivity index (χ3n) is 6.11. The van der Waals surface area contributed by atoms with E-state index in [-0.39, 0.29) is 6.04 Å². The van der Waals surface area contributed by atoms with Crippen molar-refractivity contribution in [1.82, 2.24) is 14.9 Å². The number of urea groups is 1. The van der Waals surface area contributed by atoms with Crippen LogP contribution in [0.5, 0.6) is 0 Å². The van der Waals surface area contributed by atoms with E-state index in [1.807, 2.05) is 24.3 Å². The number of nitrogens with two attached hydrogens (primary N) is 1. The van der Waals surface area contributed by atoms with Gasteiger partial charge in [-0.2, -0.15) is 5.06 Å². The van der Waals surface area contributed by atoms with Crippen molar-refractivity contribution in [2.75, 3.05) is 26.2 Å². The van der Waals surface area contributed by atoms with Gasteiger partial charge in [-0.25, -0.2) is 4.79 Å². The number of hydrogen-bond acceptors (Lipinski definition) is 5. The molecule has 0 aliphatic carbocycles. The molecule has 0 radical (unpaired) electrons. The number of amides is 2. The second-order valence-electron chi connectivity index (χ2n) is 8.57. The van der Waals surface area contributed by atoms with Gasteiger partial charge < -0.3 is 10.2 Å². The Balaban J connectivity index is 1.38. The van der Waals surface area contributed by atoms with Gasteiger partial charge in [0.25, 0.3) is 0 Å². The number of hydroxylamine groups is 2. The van der Waals surface area contributed by atoms with Crippen LogP contribution in [0.3, 0.4) is 0 Å². The van der Waals surface area contributed by atoms with Crippen molar-refractivity contribution in [3.8, 4) is 11.8 Å². The molecule has 2 atom stereocenters. The Kier molecular flexibility index (Phi) is 8.11. The molecule has 182 valence electrons. The molecule has 4 rings (SSSR count). The highest BCUT2D eigenvalue weighted by atomic mass is 35.5. The fourth-order valence-corrected chi connectivity index (χ4v) is 4.38. The van der Waals surface area contributed by atoms with Gasteiger partial charge in [-0.05, 0) is 48.2 Å². The van der Waals surface area contributed by atoms with Crippen molar-refractivity contribution >= 4 is 17.6 Å². The lowest BCUT2D eigenvalue weighted by Gasteiger charge is -2.39. The first kappa shape index (κ1) is 24.8. The summed E-state index contributed by atoms with van der Waals surface area (Å²) in [6.07, 6.45) is 0. The molecule has 2 heterocycles. The maximum absolute atomic E-state index is 11.0. The molecule has 0 spiro atoms. The summed E-state index contributed by atoms with van der Waals surface area (Å²) in [7, 11) is 0. The molecule has 35 heavy (non-hydrogen) atoms. The van der Waals surface area contributed by atoms with Gasteiger partial charge in [0.2, 0.25) is 0 Å². The van der Waals surface area contributed by atoms with Crippen LogP contribution in [0.25, 0.3) is 0 Å². The molecule has 1 fully saturated rings. The van der Waals surface area contributed by atoms with Crippen molar-refractivity contribution < 1.29 is 14.4 Å². The molecule has 3 aromatic rings. The molecule has 2 amide bonds. The summed E-state index contributed by atoms with van der Waals surface area (Å²) in [6.45, 7) is 5.93. The first-order chi connectivity index (χ1) is 16.9. The number of furan rings is 1. The summed E-state index contributed by atoms with van der Waals surface area (Å²) < 4.78 is 5.84. The molecule has 2 aromatic carbocycles. The Hall–Kier alpha value is -3.28. The van der Waals surface area contributed by atoms with Crippen LogP contribution < -0.4 is 5.73 Å². The molecule has 1 aliphatic rings. The van der Waals surface area contributed by atoms with E-state index < -0.39 is 12.1 Å². The third kappa shape index (κ3) is 6.44. The lowest BCUT2D eigenvalue weighted by atomic mass is 9.96. The average molecular weight is 493 g/mol. The zero-order valence-corrected chi connectivity index (χ0v) is 20.4. The normalized spacial score (nSPS) is 16.2. The highest BCUT2D eigenvalue weighted by molar-refractivity contribution is 6.30. The number of hydrogen-bond donors (Lipinski definition) is 2. The molecule has 2 unspecified atom stereocenters. The minimum absolute atomic E-state index is 0.176. The quantitative estimate of drug-likeness (QED) is 0.303. The van der Waals surface area contributed by atoms with Crippen molar-refractivity contribution in [2.24, 2.45) is 5.73 Å². The Morgan fingerprint density at radius 3 is 2.37 bits per heavy atom. The Bertz CT molecular complexity index is 1180. The molecular weight excluding hydrogens is 464 g/mol. The number of nitrogens with zero attached hydrogens (tertiary/aromatic N) is 3. The number of piperazine rings is 1. The molecule has 0 saturated carbocycles. The van der Waals surface area contributed by atoms with Gasteiger partial charge in [0.1, 0.15) is 11.8 Å². The van der Waals surface area contributed by atoms with E-state index in [1.54, 1.807) is 13.0 Å². The predicted octanol–water partition coefficient (Wildman–Crippen LogP) is 4.35. The SMILES string of the molecule is CC(C#Cc1ccc(CN2CCN(C(c3ccccc3)c3ccc(Cl)cc3)CC2)o1)N(O)C(N)=O. The average Bonchev–Trinajstić information content (AvgIpc) is 3.32. The molecule has 0 bridgehead atoms. The smallest absolute Gasteiger partial charge is 0.339 e. The molecule has 7 nitrogen and oxygen atoms in total. The van der Waals surface area contributed by atoms with E-state index in [1.165, 1.54) is 11.1 Å². The number of carbonyl (C=O) groups excluding carboxylic acids is 1. The monoisotopic (exact) mass is 492 g/mol. The van der Waals surface area contributed by atoms with E-state index in [0.29, 0.717) is 17.4 Å². The van der Waals surface area contributed by atoms with Crippen LogP contribution in [0.2, 0.25) is 5.02 Å². The summed E-state index contributed by atoms with van der Waals surface area (Å²) >= 11 is 6.14. The standard InChI is InChI=1S/C27H29ClN4O3/c1-20(32(34)27(29)33)7-12-24-13-14-25(35-24)19-30-15-17-31(18-16-30)26(21-5-3-2-4-6-21)22-8-10-23(28)11-9-22/h2-6,8-11,13-14,20,26,34H,15-19H2,1H3,(H2,29,33). The molecular formula is C27H29ClN4O3. The van der Waals surface area contributed by atoms with Crippen molar-refractivity contribution in [1.29, 1.82) is 0 Å². The number of carbonyl (C=O) groups is 1. The third-order valence-corrected chi connectivity index (χ3v) is 6.36. The predicted molar refractivity (Wildman–Crippen MR) is 135 cm³/mol. The fraction of sp³-hybridized carbons (Fsp3) is 0.296. The van der Waals surface area contributed by atoms with Crippen LogP contribution in [0.1, 0.15) is 35.6 Å². The second-order valence-corrected chi connectivity index (χ2v) is 9.01. The largest absolute Gasteiger partial charge is 0.451 e. The van der Waals surface area contributed by atoms with E-state index in [2.05, 4.69) is 58.0 Å². The van der Waals surface area contributed by atoms with E-state index in [0.717, 1.165) is 37.0 Å². The minimum atomic E-state index is -0.948. The van der Waals surface area contributed by atoms with E-state index >= 15 is 0 Å². The van der Waals surface area contributed by atoms with E-state index in [9.17, 15) is 10.0 Å². The summed E-state index contributed by atoms with van der Waals surface area (Å²) in [5, 5.41) is 10.7. The van der Waals surface area contributed by atoms with Crippen LogP contribution in [-0.2, 0) is 6.54 Å². The summed E-state index contributed by atoms with van der Waals surface area (Å²) in [4.78, 5) is 15.9. The second kappa shape index (κ2) is 11.4. The minimum Gasteiger partial charge on any atom is -0.451 e. The van der Waals surface area contributed by atoms with Crippen LogP contribution in [0.15, 0.2) is 71.1 Å². The molecule has 3 N–H and O–H groups in total. The topological polar surface area (TPSA) is 86.2 Å². The van der Waals surface area contributed by atoms with Crippen molar-refractivity contribution in [3.63, 3.8) is 0 Å². The van der Waals surface area contributed by atoms with Crippen molar-refractivity contribution in [2.45, 2.75) is 25.6 Å².